The average molecular weight is 183 g/mol. The zero-order valence-corrected chi connectivity index (χ0v) is 8.58. The molecule has 2 aliphatic heterocycles. The summed E-state index contributed by atoms with van der Waals surface area (Å²) in [6, 6.07) is 1.41. The molecule has 2 rings (SSSR count). The Morgan fingerprint density at radius 3 is 2.69 bits per heavy atom. The molecule has 3 nitrogen and oxygen atoms in total. The predicted molar refractivity (Wildman–Crippen MR) is 54.7 cm³/mol. The fraction of sp³-hybridized carbons (Fsp3) is 1.00. The summed E-state index contributed by atoms with van der Waals surface area (Å²) in [5.74, 6) is 0. The molecule has 0 aromatic rings. The third kappa shape index (κ3) is 1.87. The van der Waals surface area contributed by atoms with Gasteiger partial charge in [0, 0.05) is 31.7 Å². The van der Waals surface area contributed by atoms with Crippen molar-refractivity contribution in [3.05, 3.63) is 0 Å². The standard InChI is InChI=1S/C10H21N3/c1-9(7-11)13-6-3-10(8-13)12-4-2-5-12/h9-10H,2-8,11H2,1H3. The van der Waals surface area contributed by atoms with Gasteiger partial charge in [-0.05, 0) is 32.9 Å². The third-order valence-corrected chi connectivity index (χ3v) is 3.57. The first-order valence-corrected chi connectivity index (χ1v) is 5.49. The molecular formula is C10H21N3. The van der Waals surface area contributed by atoms with Gasteiger partial charge < -0.3 is 5.73 Å². The van der Waals surface area contributed by atoms with Crippen LogP contribution < -0.4 is 5.73 Å². The minimum absolute atomic E-state index is 0.575. The summed E-state index contributed by atoms with van der Waals surface area (Å²) < 4.78 is 0. The van der Waals surface area contributed by atoms with E-state index < -0.39 is 0 Å². The Kier molecular flexibility index (Phi) is 2.86. The van der Waals surface area contributed by atoms with Crippen LogP contribution in [0.15, 0.2) is 0 Å². The van der Waals surface area contributed by atoms with Gasteiger partial charge in [-0.2, -0.15) is 0 Å². The second kappa shape index (κ2) is 3.95. The number of nitrogens with two attached hydrogens (primary N) is 1. The lowest BCUT2D eigenvalue weighted by molar-refractivity contribution is 0.115. The van der Waals surface area contributed by atoms with Gasteiger partial charge in [0.25, 0.3) is 0 Å². The number of rotatable bonds is 3. The van der Waals surface area contributed by atoms with E-state index in [9.17, 15) is 0 Å². The van der Waals surface area contributed by atoms with E-state index in [0.717, 1.165) is 12.6 Å². The van der Waals surface area contributed by atoms with Crippen LogP contribution in [0, 0.1) is 0 Å². The highest BCUT2D eigenvalue weighted by molar-refractivity contribution is 4.88. The Morgan fingerprint density at radius 1 is 1.38 bits per heavy atom. The fourth-order valence-electron chi connectivity index (χ4n) is 2.32. The Labute approximate surface area is 80.9 Å². The van der Waals surface area contributed by atoms with Crippen molar-refractivity contribution in [1.29, 1.82) is 0 Å². The van der Waals surface area contributed by atoms with E-state index in [1.807, 2.05) is 0 Å². The summed E-state index contributed by atoms with van der Waals surface area (Å²) in [4.78, 5) is 5.15. The lowest BCUT2D eigenvalue weighted by Crippen LogP contribution is -2.47. The summed E-state index contributed by atoms with van der Waals surface area (Å²) in [5.41, 5.74) is 5.66. The molecule has 0 aromatic carbocycles. The van der Waals surface area contributed by atoms with Crippen molar-refractivity contribution in [2.75, 3.05) is 32.7 Å². The maximum absolute atomic E-state index is 5.66. The molecule has 3 heteroatoms. The van der Waals surface area contributed by atoms with Gasteiger partial charge >= 0.3 is 0 Å². The number of hydrogen-bond acceptors (Lipinski definition) is 3. The molecule has 2 heterocycles. The SMILES string of the molecule is CC(CN)N1CCC(N2CCC2)C1. The van der Waals surface area contributed by atoms with Crippen molar-refractivity contribution in [1.82, 2.24) is 9.80 Å². The maximum atomic E-state index is 5.66. The zero-order chi connectivity index (χ0) is 9.26. The predicted octanol–water partition coefficient (Wildman–Crippen LogP) is 0.114. The summed E-state index contributed by atoms with van der Waals surface area (Å²) in [6.45, 7) is 8.19. The Hall–Kier alpha value is -0.120. The minimum atomic E-state index is 0.575. The molecule has 2 saturated heterocycles. The highest BCUT2D eigenvalue weighted by Crippen LogP contribution is 2.21. The summed E-state index contributed by atoms with van der Waals surface area (Å²) in [6.07, 6.45) is 2.76. The van der Waals surface area contributed by atoms with Gasteiger partial charge in [-0.1, -0.05) is 0 Å². The normalized spacial score (nSPS) is 33.2. The second-order valence-electron chi connectivity index (χ2n) is 4.41. The Balaban J connectivity index is 1.79. The van der Waals surface area contributed by atoms with Crippen molar-refractivity contribution >= 4 is 0 Å². The van der Waals surface area contributed by atoms with Crippen LogP contribution in [0.4, 0.5) is 0 Å². The van der Waals surface area contributed by atoms with Crippen molar-refractivity contribution in [2.24, 2.45) is 5.73 Å². The lowest BCUT2D eigenvalue weighted by Gasteiger charge is -2.36. The van der Waals surface area contributed by atoms with E-state index in [4.69, 9.17) is 5.73 Å². The van der Waals surface area contributed by atoms with Crippen LogP contribution in [0.1, 0.15) is 19.8 Å². The van der Waals surface area contributed by atoms with Gasteiger partial charge in [-0.15, -0.1) is 0 Å². The van der Waals surface area contributed by atoms with Gasteiger partial charge in [0.05, 0.1) is 0 Å². The molecule has 0 saturated carbocycles. The molecule has 2 unspecified atom stereocenters. The van der Waals surface area contributed by atoms with E-state index in [1.54, 1.807) is 0 Å². The average Bonchev–Trinajstić information content (AvgIpc) is 2.49. The molecule has 0 spiro atoms. The molecule has 2 aliphatic rings. The van der Waals surface area contributed by atoms with E-state index in [2.05, 4.69) is 16.7 Å². The number of nitrogens with zero attached hydrogens (tertiary/aromatic N) is 2. The van der Waals surface area contributed by atoms with Gasteiger partial charge in [0.15, 0.2) is 0 Å². The minimum Gasteiger partial charge on any atom is -0.329 e. The quantitative estimate of drug-likeness (QED) is 0.674. The molecule has 2 fully saturated rings. The van der Waals surface area contributed by atoms with Crippen LogP contribution in [0.3, 0.4) is 0 Å². The van der Waals surface area contributed by atoms with Crippen molar-refractivity contribution in [2.45, 2.75) is 31.8 Å². The molecule has 0 radical (unpaired) electrons. The van der Waals surface area contributed by atoms with E-state index in [-0.39, 0.29) is 0 Å². The van der Waals surface area contributed by atoms with Gasteiger partial charge in [0.1, 0.15) is 0 Å². The van der Waals surface area contributed by atoms with Crippen LogP contribution >= 0.6 is 0 Å². The van der Waals surface area contributed by atoms with Gasteiger partial charge in [0.2, 0.25) is 0 Å². The molecule has 0 amide bonds. The van der Waals surface area contributed by atoms with Gasteiger partial charge in [-0.25, -0.2) is 0 Å². The van der Waals surface area contributed by atoms with Crippen LogP contribution in [0.2, 0.25) is 0 Å². The maximum Gasteiger partial charge on any atom is 0.0235 e. The largest absolute Gasteiger partial charge is 0.329 e. The number of hydrogen-bond donors (Lipinski definition) is 1. The second-order valence-corrected chi connectivity index (χ2v) is 4.41. The molecule has 0 aromatic heterocycles. The van der Waals surface area contributed by atoms with Crippen LogP contribution in [-0.2, 0) is 0 Å². The van der Waals surface area contributed by atoms with E-state index in [0.29, 0.717) is 6.04 Å². The molecule has 0 bridgehead atoms. The van der Waals surface area contributed by atoms with Crippen molar-refractivity contribution in [3.63, 3.8) is 0 Å². The number of likely N-dealkylation sites (tertiary alicyclic amines) is 2. The topological polar surface area (TPSA) is 32.5 Å². The molecule has 0 aliphatic carbocycles. The monoisotopic (exact) mass is 183 g/mol. The Bertz CT molecular complexity index is 157. The van der Waals surface area contributed by atoms with E-state index in [1.165, 1.54) is 39.0 Å². The molecule has 76 valence electrons. The summed E-state index contributed by atoms with van der Waals surface area (Å²) in [5, 5.41) is 0. The highest BCUT2D eigenvalue weighted by Gasteiger charge is 2.31. The first kappa shape index (κ1) is 9.44. The first-order valence-electron chi connectivity index (χ1n) is 5.49. The van der Waals surface area contributed by atoms with Crippen LogP contribution in [0.25, 0.3) is 0 Å². The first-order chi connectivity index (χ1) is 6.31. The van der Waals surface area contributed by atoms with E-state index >= 15 is 0 Å². The van der Waals surface area contributed by atoms with Crippen molar-refractivity contribution in [3.8, 4) is 0 Å². The molecular weight excluding hydrogens is 162 g/mol. The van der Waals surface area contributed by atoms with Crippen molar-refractivity contribution < 1.29 is 0 Å². The Morgan fingerprint density at radius 2 is 2.15 bits per heavy atom. The molecule has 13 heavy (non-hydrogen) atoms. The van der Waals surface area contributed by atoms with Crippen LogP contribution in [0.5, 0.6) is 0 Å². The molecule has 2 N–H and O–H groups in total. The highest BCUT2D eigenvalue weighted by atomic mass is 15.3. The summed E-state index contributed by atoms with van der Waals surface area (Å²) >= 11 is 0. The molecule has 2 atom stereocenters. The lowest BCUT2D eigenvalue weighted by atomic mass is 10.1. The third-order valence-electron chi connectivity index (χ3n) is 3.57. The fourth-order valence-corrected chi connectivity index (χ4v) is 2.32. The van der Waals surface area contributed by atoms with Gasteiger partial charge in [-0.3, -0.25) is 9.80 Å². The van der Waals surface area contributed by atoms with Crippen LogP contribution in [-0.4, -0.2) is 54.6 Å². The smallest absolute Gasteiger partial charge is 0.0235 e. The summed E-state index contributed by atoms with van der Waals surface area (Å²) in [7, 11) is 0. The zero-order valence-electron chi connectivity index (χ0n) is 8.58.